The van der Waals surface area contributed by atoms with Crippen molar-refractivity contribution in [2.24, 2.45) is 5.92 Å². The number of likely N-dealkylation sites (tertiary alicyclic amines) is 1. The lowest BCUT2D eigenvalue weighted by Gasteiger charge is -2.39. The second-order valence-electron chi connectivity index (χ2n) is 5.15. The second kappa shape index (κ2) is 5.96. The van der Waals surface area contributed by atoms with E-state index >= 15 is 0 Å². The van der Waals surface area contributed by atoms with Gasteiger partial charge in [-0.1, -0.05) is 0 Å². The lowest BCUT2D eigenvalue weighted by Crippen LogP contribution is -2.53. The van der Waals surface area contributed by atoms with Crippen molar-refractivity contribution >= 4 is 0 Å². The third-order valence-corrected chi connectivity index (χ3v) is 3.84. The minimum Gasteiger partial charge on any atom is -0.396 e. The minimum absolute atomic E-state index is 0.297. The van der Waals surface area contributed by atoms with Gasteiger partial charge in [-0.25, -0.2) is 0 Å². The molecule has 2 aliphatic heterocycles. The van der Waals surface area contributed by atoms with E-state index in [1.807, 2.05) is 0 Å². The molecule has 94 valence electrons. The summed E-state index contributed by atoms with van der Waals surface area (Å²) in [4.78, 5) is 2.31. The van der Waals surface area contributed by atoms with Crippen LogP contribution in [0.4, 0.5) is 0 Å². The molecule has 2 atom stereocenters. The van der Waals surface area contributed by atoms with Crippen LogP contribution in [0, 0.1) is 5.92 Å². The van der Waals surface area contributed by atoms with Crippen LogP contribution in [0.25, 0.3) is 0 Å². The van der Waals surface area contributed by atoms with Crippen LogP contribution in [0.1, 0.15) is 19.3 Å². The van der Waals surface area contributed by atoms with Crippen molar-refractivity contribution in [2.75, 3.05) is 40.0 Å². The number of nitrogens with zero attached hydrogens (tertiary/aromatic N) is 1. The van der Waals surface area contributed by atoms with Gasteiger partial charge in [0.1, 0.15) is 0 Å². The maximum absolute atomic E-state index is 9.42. The minimum atomic E-state index is 0.297. The van der Waals surface area contributed by atoms with Crippen LogP contribution < -0.4 is 5.32 Å². The monoisotopic (exact) mass is 228 g/mol. The highest BCUT2D eigenvalue weighted by molar-refractivity contribution is 4.86. The van der Waals surface area contributed by atoms with Gasteiger partial charge >= 0.3 is 0 Å². The van der Waals surface area contributed by atoms with Crippen molar-refractivity contribution in [3.63, 3.8) is 0 Å². The standard InChI is InChI=1S/C12H24N2O2/c1-14-5-2-12(10(8-14)9-15)13-11-3-6-16-7-4-11/h10-13,15H,2-9H2,1H3. The number of piperidine rings is 1. The number of hydrogen-bond acceptors (Lipinski definition) is 4. The number of hydrogen-bond donors (Lipinski definition) is 2. The maximum Gasteiger partial charge on any atom is 0.0486 e. The van der Waals surface area contributed by atoms with Crippen LogP contribution in [0.5, 0.6) is 0 Å². The number of rotatable bonds is 3. The molecule has 2 heterocycles. The topological polar surface area (TPSA) is 44.7 Å². The molecule has 0 spiro atoms. The van der Waals surface area contributed by atoms with Crippen molar-refractivity contribution in [3.8, 4) is 0 Å². The van der Waals surface area contributed by atoms with Crippen LogP contribution in [-0.4, -0.2) is 62.0 Å². The normalized spacial score (nSPS) is 34.1. The van der Waals surface area contributed by atoms with E-state index in [1.54, 1.807) is 0 Å². The Kier molecular flexibility index (Phi) is 4.58. The van der Waals surface area contributed by atoms with E-state index in [-0.39, 0.29) is 0 Å². The molecule has 2 aliphatic rings. The van der Waals surface area contributed by atoms with Crippen LogP contribution in [-0.2, 0) is 4.74 Å². The van der Waals surface area contributed by atoms with E-state index in [0.29, 0.717) is 24.6 Å². The first-order chi connectivity index (χ1) is 7.79. The fraction of sp³-hybridized carbons (Fsp3) is 1.00. The molecule has 2 saturated heterocycles. The van der Waals surface area contributed by atoms with Crippen LogP contribution in [0.3, 0.4) is 0 Å². The molecule has 0 aromatic carbocycles. The molecular formula is C12H24N2O2. The third-order valence-electron chi connectivity index (χ3n) is 3.84. The summed E-state index contributed by atoms with van der Waals surface area (Å²) in [5, 5.41) is 13.1. The third kappa shape index (κ3) is 3.17. The Morgan fingerprint density at radius 1 is 1.31 bits per heavy atom. The summed E-state index contributed by atoms with van der Waals surface area (Å²) in [6, 6.07) is 1.08. The van der Waals surface area contributed by atoms with Gasteiger partial charge in [0.15, 0.2) is 0 Å². The quantitative estimate of drug-likeness (QED) is 0.717. The van der Waals surface area contributed by atoms with Crippen molar-refractivity contribution in [3.05, 3.63) is 0 Å². The van der Waals surface area contributed by atoms with Crippen molar-refractivity contribution in [1.29, 1.82) is 0 Å². The summed E-state index contributed by atoms with van der Waals surface area (Å²) in [5.74, 6) is 0.390. The van der Waals surface area contributed by atoms with Gasteiger partial charge in [0.2, 0.25) is 0 Å². The molecule has 0 bridgehead atoms. The van der Waals surface area contributed by atoms with Crippen LogP contribution in [0.15, 0.2) is 0 Å². The Morgan fingerprint density at radius 3 is 2.75 bits per heavy atom. The van der Waals surface area contributed by atoms with Gasteiger partial charge in [-0.05, 0) is 32.9 Å². The SMILES string of the molecule is CN1CCC(NC2CCOCC2)C(CO)C1. The van der Waals surface area contributed by atoms with Crippen LogP contribution in [0.2, 0.25) is 0 Å². The van der Waals surface area contributed by atoms with Gasteiger partial charge in [-0.2, -0.15) is 0 Å². The summed E-state index contributed by atoms with van der Waals surface area (Å²) in [7, 11) is 2.13. The summed E-state index contributed by atoms with van der Waals surface area (Å²) in [6.45, 7) is 4.21. The van der Waals surface area contributed by atoms with E-state index in [2.05, 4.69) is 17.3 Å². The lowest BCUT2D eigenvalue weighted by molar-refractivity contribution is 0.0558. The Bertz CT molecular complexity index is 207. The molecule has 4 heteroatoms. The smallest absolute Gasteiger partial charge is 0.0486 e. The number of aliphatic hydroxyl groups is 1. The maximum atomic E-state index is 9.42. The number of nitrogens with one attached hydrogen (secondary N) is 1. The molecule has 2 unspecified atom stereocenters. The molecule has 0 radical (unpaired) electrons. The Morgan fingerprint density at radius 2 is 2.06 bits per heavy atom. The predicted octanol–water partition coefficient (Wildman–Crippen LogP) is 0.0676. The molecule has 16 heavy (non-hydrogen) atoms. The first kappa shape index (κ1) is 12.3. The lowest BCUT2D eigenvalue weighted by atomic mass is 9.91. The van der Waals surface area contributed by atoms with Crippen LogP contribution >= 0.6 is 0 Å². The largest absolute Gasteiger partial charge is 0.396 e. The highest BCUT2D eigenvalue weighted by Crippen LogP contribution is 2.18. The highest BCUT2D eigenvalue weighted by atomic mass is 16.5. The Hall–Kier alpha value is -0.160. The predicted molar refractivity (Wildman–Crippen MR) is 63.5 cm³/mol. The molecule has 0 aromatic rings. The van der Waals surface area contributed by atoms with Crippen molar-refractivity contribution in [2.45, 2.75) is 31.3 Å². The zero-order chi connectivity index (χ0) is 11.4. The molecule has 0 saturated carbocycles. The van der Waals surface area contributed by atoms with E-state index in [1.165, 1.54) is 0 Å². The number of ether oxygens (including phenoxy) is 1. The molecular weight excluding hydrogens is 204 g/mol. The van der Waals surface area contributed by atoms with Gasteiger partial charge in [0.25, 0.3) is 0 Å². The molecule has 0 amide bonds. The van der Waals surface area contributed by atoms with Crippen molar-refractivity contribution in [1.82, 2.24) is 10.2 Å². The van der Waals surface area contributed by atoms with Gasteiger partial charge in [0.05, 0.1) is 0 Å². The van der Waals surface area contributed by atoms with Gasteiger partial charge < -0.3 is 20.1 Å². The van der Waals surface area contributed by atoms with E-state index < -0.39 is 0 Å². The fourth-order valence-corrected chi connectivity index (χ4v) is 2.79. The summed E-state index contributed by atoms with van der Waals surface area (Å²) >= 11 is 0. The first-order valence-electron chi connectivity index (χ1n) is 6.43. The number of aliphatic hydroxyl groups excluding tert-OH is 1. The summed E-state index contributed by atoms with van der Waals surface area (Å²) in [5.41, 5.74) is 0. The zero-order valence-electron chi connectivity index (χ0n) is 10.2. The summed E-state index contributed by atoms with van der Waals surface area (Å²) in [6.07, 6.45) is 3.38. The molecule has 0 aliphatic carbocycles. The molecule has 2 fully saturated rings. The van der Waals surface area contributed by atoms with E-state index in [9.17, 15) is 5.11 Å². The molecule has 0 aromatic heterocycles. The molecule has 2 rings (SSSR count). The Labute approximate surface area is 98.0 Å². The van der Waals surface area contributed by atoms with Gasteiger partial charge in [-0.3, -0.25) is 0 Å². The fourth-order valence-electron chi connectivity index (χ4n) is 2.79. The zero-order valence-corrected chi connectivity index (χ0v) is 10.2. The first-order valence-corrected chi connectivity index (χ1v) is 6.43. The summed E-state index contributed by atoms with van der Waals surface area (Å²) < 4.78 is 5.36. The average molecular weight is 228 g/mol. The van der Waals surface area contributed by atoms with Gasteiger partial charge in [-0.15, -0.1) is 0 Å². The molecule has 2 N–H and O–H groups in total. The molecule has 4 nitrogen and oxygen atoms in total. The van der Waals surface area contributed by atoms with Crippen molar-refractivity contribution < 1.29 is 9.84 Å². The Balaban J connectivity index is 1.82. The van der Waals surface area contributed by atoms with E-state index in [4.69, 9.17) is 4.74 Å². The highest BCUT2D eigenvalue weighted by Gasteiger charge is 2.29. The second-order valence-corrected chi connectivity index (χ2v) is 5.15. The van der Waals surface area contributed by atoms with Gasteiger partial charge in [0, 0.05) is 44.4 Å². The average Bonchev–Trinajstić information content (AvgIpc) is 2.33. The van der Waals surface area contributed by atoms with E-state index in [0.717, 1.165) is 45.6 Å².